The molecule has 2 aromatic carbocycles. The van der Waals surface area contributed by atoms with E-state index in [1.165, 1.54) is 14.2 Å². The number of benzene rings is 2. The van der Waals surface area contributed by atoms with Gasteiger partial charge in [0.1, 0.15) is 0 Å². The molecule has 2 saturated heterocycles. The van der Waals surface area contributed by atoms with E-state index in [-0.39, 0.29) is 35.5 Å². The van der Waals surface area contributed by atoms with Crippen LogP contribution in [0.25, 0.3) is 0 Å². The molecule has 0 aliphatic carbocycles. The lowest BCUT2D eigenvalue weighted by Gasteiger charge is -2.18. The highest BCUT2D eigenvalue weighted by Crippen LogP contribution is 2.51. The zero-order valence-corrected chi connectivity index (χ0v) is 14.7. The predicted molar refractivity (Wildman–Crippen MR) is 93.7 cm³/mol. The van der Waals surface area contributed by atoms with Crippen molar-refractivity contribution < 1.29 is 29.2 Å². The second-order valence-corrected chi connectivity index (χ2v) is 6.70. The van der Waals surface area contributed by atoms with Crippen molar-refractivity contribution in [3.05, 3.63) is 47.5 Å². The quantitative estimate of drug-likeness (QED) is 0.874. The molecule has 138 valence electrons. The minimum absolute atomic E-state index is 0.0986. The van der Waals surface area contributed by atoms with Crippen LogP contribution < -0.4 is 9.47 Å². The minimum atomic E-state index is -0.0986. The third-order valence-corrected chi connectivity index (χ3v) is 5.33. The van der Waals surface area contributed by atoms with E-state index in [9.17, 15) is 10.2 Å². The third-order valence-electron chi connectivity index (χ3n) is 5.33. The van der Waals surface area contributed by atoms with E-state index in [0.29, 0.717) is 24.7 Å². The Hall–Kier alpha value is -2.44. The summed E-state index contributed by atoms with van der Waals surface area (Å²) >= 11 is 0. The zero-order chi connectivity index (χ0) is 18.3. The molecule has 2 aliphatic heterocycles. The SMILES string of the molecule is COc1cc(C2OC[C@H]3C(c4ccc(O)c(OC)c4)OC[C@@H]23)ccc1O. The summed E-state index contributed by atoms with van der Waals surface area (Å²) in [5.74, 6) is 1.54. The number of fused-ring (bicyclic) bond motifs is 1. The van der Waals surface area contributed by atoms with Crippen molar-refractivity contribution in [2.75, 3.05) is 27.4 Å². The maximum absolute atomic E-state index is 9.80. The maximum atomic E-state index is 9.80. The molecular formula is C20H22O6. The highest BCUT2D eigenvalue weighted by molar-refractivity contribution is 5.44. The van der Waals surface area contributed by atoms with Gasteiger partial charge in [-0.2, -0.15) is 0 Å². The van der Waals surface area contributed by atoms with Crippen molar-refractivity contribution in [3.8, 4) is 23.0 Å². The van der Waals surface area contributed by atoms with Crippen LogP contribution in [-0.2, 0) is 9.47 Å². The van der Waals surface area contributed by atoms with Gasteiger partial charge in [0.15, 0.2) is 23.0 Å². The van der Waals surface area contributed by atoms with Crippen LogP contribution in [0.15, 0.2) is 36.4 Å². The Morgan fingerprint density at radius 3 is 1.58 bits per heavy atom. The average molecular weight is 358 g/mol. The molecule has 2 N–H and O–H groups in total. The number of hydrogen-bond donors (Lipinski definition) is 2. The van der Waals surface area contributed by atoms with Gasteiger partial charge in [0.2, 0.25) is 0 Å². The van der Waals surface area contributed by atoms with Crippen LogP contribution in [0.4, 0.5) is 0 Å². The highest BCUT2D eigenvalue weighted by atomic mass is 16.5. The van der Waals surface area contributed by atoms with Gasteiger partial charge in [-0.25, -0.2) is 0 Å². The van der Waals surface area contributed by atoms with Gasteiger partial charge in [-0.05, 0) is 35.4 Å². The predicted octanol–water partition coefficient (Wildman–Crippen LogP) is 3.19. The number of phenolic OH excluding ortho intramolecular Hbond substituents is 2. The highest BCUT2D eigenvalue weighted by Gasteiger charge is 2.48. The van der Waals surface area contributed by atoms with Crippen LogP contribution in [0.3, 0.4) is 0 Å². The molecule has 26 heavy (non-hydrogen) atoms. The van der Waals surface area contributed by atoms with Crippen molar-refractivity contribution >= 4 is 0 Å². The molecule has 6 heteroatoms. The maximum Gasteiger partial charge on any atom is 0.160 e. The fourth-order valence-electron chi connectivity index (χ4n) is 3.98. The van der Waals surface area contributed by atoms with Gasteiger partial charge in [-0.1, -0.05) is 12.1 Å². The van der Waals surface area contributed by atoms with E-state index in [0.717, 1.165) is 11.1 Å². The molecule has 0 bridgehead atoms. The van der Waals surface area contributed by atoms with E-state index in [1.54, 1.807) is 12.1 Å². The van der Waals surface area contributed by atoms with Gasteiger partial charge in [0.05, 0.1) is 39.6 Å². The standard InChI is InChI=1S/C20H22O6/c1-23-17-7-11(3-5-15(17)21)19-13-9-26-20(14(13)10-25-19)12-4-6-16(22)18(8-12)24-2/h3-8,13-14,19-22H,9-10H2,1-2H3/t13-,14-,19?,20?/m1/s1. The second-order valence-electron chi connectivity index (χ2n) is 6.70. The average Bonchev–Trinajstić information content (AvgIpc) is 3.25. The van der Waals surface area contributed by atoms with E-state index in [1.807, 2.05) is 24.3 Å². The fourth-order valence-corrected chi connectivity index (χ4v) is 3.98. The largest absolute Gasteiger partial charge is 0.504 e. The minimum Gasteiger partial charge on any atom is -0.504 e. The number of aromatic hydroxyl groups is 2. The Morgan fingerprint density at radius 1 is 0.769 bits per heavy atom. The van der Waals surface area contributed by atoms with Gasteiger partial charge in [0.25, 0.3) is 0 Å². The molecule has 0 radical (unpaired) electrons. The lowest BCUT2D eigenvalue weighted by atomic mass is 9.85. The Balaban J connectivity index is 1.58. The molecule has 6 nitrogen and oxygen atoms in total. The Labute approximate surface area is 151 Å². The Morgan fingerprint density at radius 2 is 1.19 bits per heavy atom. The van der Waals surface area contributed by atoms with E-state index in [4.69, 9.17) is 18.9 Å². The summed E-state index contributed by atoms with van der Waals surface area (Å²) in [5, 5.41) is 19.6. The molecule has 0 amide bonds. The first-order valence-electron chi connectivity index (χ1n) is 8.59. The van der Waals surface area contributed by atoms with Gasteiger partial charge in [0, 0.05) is 11.8 Å². The third kappa shape index (κ3) is 2.75. The molecule has 2 fully saturated rings. The summed E-state index contributed by atoms with van der Waals surface area (Å²) in [7, 11) is 3.06. The van der Waals surface area contributed by atoms with Gasteiger partial charge >= 0.3 is 0 Å². The number of rotatable bonds is 4. The van der Waals surface area contributed by atoms with Gasteiger partial charge < -0.3 is 29.2 Å². The smallest absolute Gasteiger partial charge is 0.160 e. The van der Waals surface area contributed by atoms with Crippen LogP contribution in [0, 0.1) is 11.8 Å². The van der Waals surface area contributed by atoms with Crippen molar-refractivity contribution in [2.24, 2.45) is 11.8 Å². The van der Waals surface area contributed by atoms with E-state index in [2.05, 4.69) is 0 Å². The molecule has 4 rings (SSSR count). The normalized spacial score (nSPS) is 27.3. The summed E-state index contributed by atoms with van der Waals surface area (Å²) in [5.41, 5.74) is 1.94. The van der Waals surface area contributed by atoms with Crippen LogP contribution in [0.1, 0.15) is 23.3 Å². The fraction of sp³-hybridized carbons (Fsp3) is 0.400. The lowest BCUT2D eigenvalue weighted by Crippen LogP contribution is -2.14. The van der Waals surface area contributed by atoms with E-state index < -0.39 is 0 Å². The zero-order valence-electron chi connectivity index (χ0n) is 14.7. The summed E-state index contributed by atoms with van der Waals surface area (Å²) in [6, 6.07) is 10.6. The summed E-state index contributed by atoms with van der Waals surface area (Å²) < 4.78 is 22.6. The first-order valence-corrected chi connectivity index (χ1v) is 8.59. The van der Waals surface area contributed by atoms with Crippen molar-refractivity contribution in [1.82, 2.24) is 0 Å². The van der Waals surface area contributed by atoms with E-state index >= 15 is 0 Å². The molecule has 2 aromatic rings. The van der Waals surface area contributed by atoms with Crippen LogP contribution in [0.5, 0.6) is 23.0 Å². The number of methoxy groups -OCH3 is 2. The summed E-state index contributed by atoms with van der Waals surface area (Å²) in [4.78, 5) is 0. The van der Waals surface area contributed by atoms with Crippen molar-refractivity contribution in [1.29, 1.82) is 0 Å². The van der Waals surface area contributed by atoms with Crippen LogP contribution >= 0.6 is 0 Å². The topological polar surface area (TPSA) is 77.4 Å². The monoisotopic (exact) mass is 358 g/mol. The molecule has 2 aliphatic rings. The molecule has 4 atom stereocenters. The number of phenols is 2. The van der Waals surface area contributed by atoms with Gasteiger partial charge in [-0.3, -0.25) is 0 Å². The summed E-state index contributed by atoms with van der Waals surface area (Å²) in [6.07, 6.45) is -0.197. The Kier molecular flexibility index (Phi) is 4.38. The molecular weight excluding hydrogens is 336 g/mol. The molecule has 2 heterocycles. The van der Waals surface area contributed by atoms with Crippen molar-refractivity contribution in [2.45, 2.75) is 12.2 Å². The lowest BCUT2D eigenvalue weighted by molar-refractivity contribution is 0.0191. The second kappa shape index (κ2) is 6.70. The first kappa shape index (κ1) is 17.0. The van der Waals surface area contributed by atoms with Crippen LogP contribution in [-0.4, -0.2) is 37.6 Å². The van der Waals surface area contributed by atoms with Gasteiger partial charge in [-0.15, -0.1) is 0 Å². The molecule has 0 saturated carbocycles. The Bertz CT molecular complexity index is 737. The van der Waals surface area contributed by atoms with Crippen molar-refractivity contribution in [3.63, 3.8) is 0 Å². The molecule has 0 aromatic heterocycles. The molecule has 0 spiro atoms. The van der Waals surface area contributed by atoms with Crippen LogP contribution in [0.2, 0.25) is 0 Å². The summed E-state index contributed by atoms with van der Waals surface area (Å²) in [6.45, 7) is 1.18. The number of ether oxygens (including phenoxy) is 4. The first-order chi connectivity index (χ1) is 12.6. The molecule has 2 unspecified atom stereocenters. The number of hydrogen-bond acceptors (Lipinski definition) is 6.